The summed E-state index contributed by atoms with van der Waals surface area (Å²) >= 11 is 0. The van der Waals surface area contributed by atoms with Crippen molar-refractivity contribution in [3.63, 3.8) is 0 Å². The summed E-state index contributed by atoms with van der Waals surface area (Å²) in [4.78, 5) is 18.0. The van der Waals surface area contributed by atoms with E-state index in [0.717, 1.165) is 40.4 Å². The zero-order chi connectivity index (χ0) is 21.4. The summed E-state index contributed by atoms with van der Waals surface area (Å²) in [6, 6.07) is 12.0. The number of nitrogens with one attached hydrogen (secondary N) is 1. The summed E-state index contributed by atoms with van der Waals surface area (Å²) in [5.74, 6) is 2.90. The normalized spacial score (nSPS) is 17.6. The Labute approximate surface area is 180 Å². The molecule has 0 spiro atoms. The van der Waals surface area contributed by atoms with Crippen molar-refractivity contribution in [3.8, 4) is 5.88 Å². The summed E-state index contributed by atoms with van der Waals surface area (Å²) in [5, 5.41) is 7.72. The highest BCUT2D eigenvalue weighted by atomic mass is 16.5. The van der Waals surface area contributed by atoms with Gasteiger partial charge in [-0.25, -0.2) is 4.98 Å². The molecule has 8 nitrogen and oxygen atoms in total. The molecular formula is C23H25N7O. The first-order chi connectivity index (χ1) is 15.0. The Morgan fingerprint density at radius 2 is 2.00 bits per heavy atom. The molecule has 1 fully saturated rings. The first kappa shape index (κ1) is 19.4. The van der Waals surface area contributed by atoms with Crippen LogP contribution in [0.1, 0.15) is 35.2 Å². The van der Waals surface area contributed by atoms with Crippen LogP contribution >= 0.6 is 0 Å². The number of fused-ring (bicyclic) bond motifs is 1. The van der Waals surface area contributed by atoms with Crippen LogP contribution in [0.4, 0.5) is 5.82 Å². The van der Waals surface area contributed by atoms with Gasteiger partial charge in [-0.15, -0.1) is 0 Å². The summed E-state index contributed by atoms with van der Waals surface area (Å²) in [5.41, 5.74) is 5.07. The lowest BCUT2D eigenvalue weighted by atomic mass is 10.2. The molecule has 4 heterocycles. The molecule has 0 amide bonds. The van der Waals surface area contributed by atoms with Crippen molar-refractivity contribution in [2.75, 3.05) is 11.9 Å². The molecule has 4 aromatic rings. The van der Waals surface area contributed by atoms with Crippen LogP contribution in [0.5, 0.6) is 5.88 Å². The van der Waals surface area contributed by atoms with Crippen molar-refractivity contribution in [1.82, 2.24) is 29.7 Å². The van der Waals surface area contributed by atoms with E-state index in [1.807, 2.05) is 49.8 Å². The molecule has 0 aliphatic heterocycles. The Kier molecular flexibility index (Phi) is 4.97. The first-order valence-electron chi connectivity index (χ1n) is 10.5. The van der Waals surface area contributed by atoms with E-state index in [0.29, 0.717) is 36.7 Å². The number of pyridine rings is 2. The number of aromatic nitrogens is 6. The van der Waals surface area contributed by atoms with Crippen molar-refractivity contribution in [2.45, 2.75) is 32.7 Å². The zero-order valence-corrected chi connectivity index (χ0v) is 17.9. The summed E-state index contributed by atoms with van der Waals surface area (Å²) in [7, 11) is 1.94. The van der Waals surface area contributed by atoms with Crippen molar-refractivity contribution in [3.05, 3.63) is 65.5 Å². The molecule has 8 heteroatoms. The second-order valence-corrected chi connectivity index (χ2v) is 8.08. The Bertz CT molecular complexity index is 1240. The summed E-state index contributed by atoms with van der Waals surface area (Å²) in [6.07, 6.45) is 2.87. The maximum atomic E-state index is 6.02. The molecule has 4 aromatic heterocycles. The number of aryl methyl sites for hydroxylation is 3. The van der Waals surface area contributed by atoms with Gasteiger partial charge in [0.2, 0.25) is 5.88 Å². The lowest BCUT2D eigenvalue weighted by Gasteiger charge is -2.10. The third kappa shape index (κ3) is 4.33. The largest absolute Gasteiger partial charge is 0.477 e. The fraction of sp³-hybridized carbons (Fsp3) is 0.348. The molecule has 158 valence electrons. The molecule has 0 bridgehead atoms. The second kappa shape index (κ2) is 7.94. The number of ether oxygens (including phenoxy) is 1. The van der Waals surface area contributed by atoms with Crippen LogP contribution < -0.4 is 10.1 Å². The summed E-state index contributed by atoms with van der Waals surface area (Å²) in [6.45, 7) is 5.12. The zero-order valence-electron chi connectivity index (χ0n) is 17.9. The number of hydrogen-bond donors (Lipinski definition) is 1. The second-order valence-electron chi connectivity index (χ2n) is 8.08. The average molecular weight is 416 g/mol. The number of anilines is 1. The minimum Gasteiger partial charge on any atom is -0.477 e. The highest BCUT2D eigenvalue weighted by molar-refractivity contribution is 5.73. The smallest absolute Gasteiger partial charge is 0.218 e. The minimum absolute atomic E-state index is 0.429. The van der Waals surface area contributed by atoms with E-state index in [2.05, 4.69) is 37.5 Å². The van der Waals surface area contributed by atoms with Gasteiger partial charge >= 0.3 is 0 Å². The summed E-state index contributed by atoms with van der Waals surface area (Å²) < 4.78 is 7.89. The lowest BCUT2D eigenvalue weighted by Crippen LogP contribution is -2.09. The minimum atomic E-state index is 0.429. The van der Waals surface area contributed by atoms with Gasteiger partial charge in [-0.05, 0) is 50.6 Å². The Morgan fingerprint density at radius 1 is 1.10 bits per heavy atom. The average Bonchev–Trinajstić information content (AvgIpc) is 3.46. The quantitative estimate of drug-likeness (QED) is 0.493. The van der Waals surface area contributed by atoms with E-state index >= 15 is 0 Å². The molecule has 5 rings (SSSR count). The van der Waals surface area contributed by atoms with E-state index in [9.17, 15) is 0 Å². The Morgan fingerprint density at radius 3 is 2.84 bits per heavy atom. The molecule has 1 aliphatic carbocycles. The van der Waals surface area contributed by atoms with E-state index in [-0.39, 0.29) is 0 Å². The van der Waals surface area contributed by atoms with E-state index in [1.54, 1.807) is 6.20 Å². The maximum absolute atomic E-state index is 6.02. The van der Waals surface area contributed by atoms with Crippen LogP contribution in [0.15, 0.2) is 42.6 Å². The van der Waals surface area contributed by atoms with Gasteiger partial charge in [-0.3, -0.25) is 14.6 Å². The fourth-order valence-corrected chi connectivity index (χ4v) is 3.88. The van der Waals surface area contributed by atoms with Crippen LogP contribution in [0, 0.1) is 19.8 Å². The van der Waals surface area contributed by atoms with Crippen molar-refractivity contribution in [1.29, 1.82) is 0 Å². The van der Waals surface area contributed by atoms with Gasteiger partial charge in [0.05, 0.1) is 35.6 Å². The predicted octanol–water partition coefficient (Wildman–Crippen LogP) is 3.56. The highest BCUT2D eigenvalue weighted by Gasteiger charge is 2.40. The third-order valence-corrected chi connectivity index (χ3v) is 5.59. The molecule has 1 N–H and O–H groups in total. The van der Waals surface area contributed by atoms with E-state index < -0.39 is 0 Å². The molecular weight excluding hydrogens is 390 g/mol. The van der Waals surface area contributed by atoms with Crippen molar-refractivity contribution < 1.29 is 4.74 Å². The third-order valence-electron chi connectivity index (χ3n) is 5.59. The van der Waals surface area contributed by atoms with Gasteiger partial charge in [-0.1, -0.05) is 0 Å². The first-order valence-corrected chi connectivity index (χ1v) is 10.5. The molecule has 1 saturated carbocycles. The fourth-order valence-electron chi connectivity index (χ4n) is 3.88. The molecule has 2 atom stereocenters. The molecule has 0 saturated heterocycles. The molecule has 0 unspecified atom stereocenters. The SMILES string of the molecule is Cc1cc(CNc2cc(OC[C@H]3C[C@@H]3c3ccc4ncccc4n3)nc(C)n2)n(C)n1. The topological polar surface area (TPSA) is 90.6 Å². The molecule has 1 aliphatic rings. The Balaban J connectivity index is 1.20. The molecule has 31 heavy (non-hydrogen) atoms. The number of nitrogens with zero attached hydrogens (tertiary/aromatic N) is 6. The van der Waals surface area contributed by atoms with Gasteiger partial charge in [-0.2, -0.15) is 10.1 Å². The van der Waals surface area contributed by atoms with Crippen molar-refractivity contribution in [2.24, 2.45) is 13.0 Å². The van der Waals surface area contributed by atoms with Gasteiger partial charge in [0.25, 0.3) is 0 Å². The maximum Gasteiger partial charge on any atom is 0.218 e. The Hall–Kier alpha value is -3.55. The highest BCUT2D eigenvalue weighted by Crippen LogP contribution is 2.47. The van der Waals surface area contributed by atoms with E-state index in [1.165, 1.54) is 0 Å². The van der Waals surface area contributed by atoms with Crippen LogP contribution in [0.25, 0.3) is 11.0 Å². The van der Waals surface area contributed by atoms with Gasteiger partial charge in [0.15, 0.2) is 0 Å². The predicted molar refractivity (Wildman–Crippen MR) is 118 cm³/mol. The monoisotopic (exact) mass is 415 g/mol. The lowest BCUT2D eigenvalue weighted by molar-refractivity contribution is 0.284. The van der Waals surface area contributed by atoms with Gasteiger partial charge in [0, 0.05) is 36.8 Å². The van der Waals surface area contributed by atoms with Crippen LogP contribution in [0.2, 0.25) is 0 Å². The number of hydrogen-bond acceptors (Lipinski definition) is 7. The van der Waals surface area contributed by atoms with Crippen molar-refractivity contribution >= 4 is 16.9 Å². The van der Waals surface area contributed by atoms with E-state index in [4.69, 9.17) is 9.72 Å². The van der Waals surface area contributed by atoms with Crippen LogP contribution in [-0.4, -0.2) is 36.3 Å². The van der Waals surface area contributed by atoms with Gasteiger partial charge < -0.3 is 10.1 Å². The van der Waals surface area contributed by atoms with Gasteiger partial charge in [0.1, 0.15) is 11.6 Å². The van der Waals surface area contributed by atoms with Crippen LogP contribution in [0.3, 0.4) is 0 Å². The molecule has 0 aromatic carbocycles. The van der Waals surface area contributed by atoms with Crippen LogP contribution in [-0.2, 0) is 13.6 Å². The standard InChI is InChI=1S/C23H25N7O/c1-14-9-17(30(3)29-14)12-25-22-11-23(27-15(2)26-22)31-13-16-10-18(16)19-6-7-20-21(28-19)5-4-8-24-20/h4-9,11,16,18H,10,12-13H2,1-3H3,(H,25,26,27)/t16-,18+/m1/s1. The number of rotatable bonds is 7. The molecule has 0 radical (unpaired) electrons.